The Hall–Kier alpha value is -0.740. The molecule has 0 aromatic heterocycles. The van der Waals surface area contributed by atoms with Crippen LogP contribution in [0.15, 0.2) is 12.7 Å². The van der Waals surface area contributed by atoms with Crippen LogP contribution in [0.1, 0.15) is 77.6 Å². The van der Waals surface area contributed by atoms with Crippen molar-refractivity contribution in [2.75, 3.05) is 0 Å². The van der Waals surface area contributed by atoms with Gasteiger partial charge in [0.1, 0.15) is 6.10 Å². The normalized spacial score (nSPS) is 11.7. The molecule has 0 aromatic carbocycles. The van der Waals surface area contributed by atoms with Crippen LogP contribution in [-0.4, -0.2) is 11.2 Å². The van der Waals surface area contributed by atoms with Crippen LogP contribution in [-0.2, 0) is 0 Å². The van der Waals surface area contributed by atoms with Crippen molar-refractivity contribution in [2.45, 2.75) is 83.7 Å². The van der Waals surface area contributed by atoms with Gasteiger partial charge in [0.15, 0.2) is 0 Å². The molecule has 0 amide bonds. The lowest BCUT2D eigenvalue weighted by molar-refractivity contribution is 0.281. The standard InChI is InChI=1S/C17H30O/c1-3-5-6-7-8-9-10-11-12-13-14-15-16-17(18)4-2/h4,17-18H,2-3,5-14H2,1H3/t17-/m1/s1. The van der Waals surface area contributed by atoms with Gasteiger partial charge in [0.2, 0.25) is 0 Å². The third-order valence-corrected chi connectivity index (χ3v) is 3.13. The van der Waals surface area contributed by atoms with E-state index in [1.54, 1.807) is 0 Å². The van der Waals surface area contributed by atoms with Gasteiger partial charge in [-0.2, -0.15) is 0 Å². The van der Waals surface area contributed by atoms with Crippen LogP contribution in [0.4, 0.5) is 0 Å². The maximum atomic E-state index is 9.13. The third-order valence-electron chi connectivity index (χ3n) is 3.13. The first-order valence-electron chi connectivity index (χ1n) is 7.60. The quantitative estimate of drug-likeness (QED) is 0.316. The molecule has 0 fully saturated rings. The molecule has 0 aromatic rings. The minimum absolute atomic E-state index is 0.645. The van der Waals surface area contributed by atoms with Crippen molar-refractivity contribution >= 4 is 0 Å². The van der Waals surface area contributed by atoms with E-state index in [0.29, 0.717) is 0 Å². The zero-order valence-corrected chi connectivity index (χ0v) is 12.1. The van der Waals surface area contributed by atoms with Gasteiger partial charge in [0.05, 0.1) is 0 Å². The number of hydrogen-bond donors (Lipinski definition) is 1. The summed E-state index contributed by atoms with van der Waals surface area (Å²) < 4.78 is 0. The number of unbranched alkanes of at least 4 members (excludes halogenated alkanes) is 10. The van der Waals surface area contributed by atoms with E-state index in [2.05, 4.69) is 25.3 Å². The fourth-order valence-electron chi connectivity index (χ4n) is 1.94. The summed E-state index contributed by atoms with van der Waals surface area (Å²) in [4.78, 5) is 0. The van der Waals surface area contributed by atoms with E-state index in [-0.39, 0.29) is 0 Å². The van der Waals surface area contributed by atoms with Gasteiger partial charge in [-0.05, 0) is 6.42 Å². The summed E-state index contributed by atoms with van der Waals surface area (Å²) in [6, 6.07) is 0. The van der Waals surface area contributed by atoms with Crippen molar-refractivity contribution < 1.29 is 5.11 Å². The molecule has 1 N–H and O–H groups in total. The Bertz CT molecular complexity index is 234. The molecule has 1 heteroatoms. The molecule has 0 rings (SSSR count). The average molecular weight is 250 g/mol. The zero-order valence-electron chi connectivity index (χ0n) is 12.1. The Labute approximate surface area is 114 Å². The van der Waals surface area contributed by atoms with Crippen molar-refractivity contribution in [3.63, 3.8) is 0 Å². The van der Waals surface area contributed by atoms with Gasteiger partial charge in [-0.1, -0.05) is 83.3 Å². The number of aliphatic hydroxyl groups is 1. The highest BCUT2D eigenvalue weighted by molar-refractivity contribution is 5.10. The van der Waals surface area contributed by atoms with E-state index in [0.717, 1.165) is 12.8 Å². The monoisotopic (exact) mass is 250 g/mol. The maximum Gasteiger partial charge on any atom is 0.133 e. The Morgan fingerprint density at radius 3 is 1.94 bits per heavy atom. The molecule has 0 unspecified atom stereocenters. The van der Waals surface area contributed by atoms with Gasteiger partial charge in [0, 0.05) is 6.42 Å². The maximum absolute atomic E-state index is 9.13. The first-order valence-corrected chi connectivity index (χ1v) is 7.60. The molecule has 0 heterocycles. The number of hydrogen-bond acceptors (Lipinski definition) is 1. The molecular weight excluding hydrogens is 220 g/mol. The smallest absolute Gasteiger partial charge is 0.133 e. The lowest BCUT2D eigenvalue weighted by Gasteiger charge is -2.00. The van der Waals surface area contributed by atoms with Crippen LogP contribution < -0.4 is 0 Å². The van der Waals surface area contributed by atoms with Crippen LogP contribution >= 0.6 is 0 Å². The van der Waals surface area contributed by atoms with Crippen LogP contribution in [0.25, 0.3) is 0 Å². The summed E-state index contributed by atoms with van der Waals surface area (Å²) in [7, 11) is 0. The Morgan fingerprint density at radius 1 is 0.944 bits per heavy atom. The summed E-state index contributed by atoms with van der Waals surface area (Å²) in [5.74, 6) is 5.74. The molecule has 104 valence electrons. The fraction of sp³-hybridized carbons (Fsp3) is 0.765. The van der Waals surface area contributed by atoms with E-state index < -0.39 is 6.10 Å². The molecule has 0 radical (unpaired) electrons. The van der Waals surface area contributed by atoms with Crippen LogP contribution in [0.5, 0.6) is 0 Å². The molecule has 0 saturated heterocycles. The molecule has 1 atom stereocenters. The summed E-state index contributed by atoms with van der Waals surface area (Å²) in [6.07, 6.45) is 15.2. The highest BCUT2D eigenvalue weighted by atomic mass is 16.3. The average Bonchev–Trinajstić information content (AvgIpc) is 2.39. The topological polar surface area (TPSA) is 20.2 Å². The molecule has 0 saturated carbocycles. The molecule has 0 aliphatic heterocycles. The number of rotatable bonds is 11. The molecule has 0 aliphatic rings. The molecule has 0 spiro atoms. The summed E-state index contributed by atoms with van der Waals surface area (Å²) >= 11 is 0. The van der Waals surface area contributed by atoms with Crippen molar-refractivity contribution in [1.82, 2.24) is 0 Å². The second kappa shape index (κ2) is 14.3. The Kier molecular flexibility index (Phi) is 13.7. The van der Waals surface area contributed by atoms with Gasteiger partial charge in [-0.3, -0.25) is 0 Å². The van der Waals surface area contributed by atoms with Crippen LogP contribution in [0.3, 0.4) is 0 Å². The largest absolute Gasteiger partial charge is 0.377 e. The Morgan fingerprint density at radius 2 is 1.44 bits per heavy atom. The summed E-state index contributed by atoms with van der Waals surface area (Å²) in [6.45, 7) is 5.74. The van der Waals surface area contributed by atoms with Gasteiger partial charge >= 0.3 is 0 Å². The molecule has 0 aliphatic carbocycles. The first kappa shape index (κ1) is 17.3. The fourth-order valence-corrected chi connectivity index (χ4v) is 1.94. The van der Waals surface area contributed by atoms with E-state index in [9.17, 15) is 0 Å². The SMILES string of the molecule is C=C[C@@H](O)C#CCCCCCCCCCCCC. The Balaban J connectivity index is 3.11. The minimum atomic E-state index is -0.645. The van der Waals surface area contributed by atoms with Crippen LogP contribution in [0, 0.1) is 11.8 Å². The van der Waals surface area contributed by atoms with E-state index >= 15 is 0 Å². The highest BCUT2D eigenvalue weighted by Gasteiger charge is 1.92. The van der Waals surface area contributed by atoms with E-state index in [1.165, 1.54) is 63.9 Å². The van der Waals surface area contributed by atoms with Crippen molar-refractivity contribution in [3.05, 3.63) is 12.7 Å². The molecule has 1 nitrogen and oxygen atoms in total. The van der Waals surface area contributed by atoms with E-state index in [4.69, 9.17) is 5.11 Å². The lowest BCUT2D eigenvalue weighted by atomic mass is 10.1. The lowest BCUT2D eigenvalue weighted by Crippen LogP contribution is -1.94. The predicted molar refractivity (Wildman–Crippen MR) is 80.4 cm³/mol. The summed E-state index contributed by atoms with van der Waals surface area (Å²) in [5, 5.41) is 9.13. The molecule has 0 bridgehead atoms. The first-order chi connectivity index (χ1) is 8.81. The van der Waals surface area contributed by atoms with Crippen molar-refractivity contribution in [2.24, 2.45) is 0 Å². The second-order valence-electron chi connectivity index (χ2n) is 4.93. The van der Waals surface area contributed by atoms with Crippen molar-refractivity contribution in [3.8, 4) is 11.8 Å². The second-order valence-corrected chi connectivity index (χ2v) is 4.93. The zero-order chi connectivity index (χ0) is 13.5. The number of aliphatic hydroxyl groups excluding tert-OH is 1. The predicted octanol–water partition coefficient (Wildman–Crippen LogP) is 4.85. The van der Waals surface area contributed by atoms with Gasteiger partial charge in [0.25, 0.3) is 0 Å². The summed E-state index contributed by atoms with van der Waals surface area (Å²) in [5.41, 5.74) is 0. The van der Waals surface area contributed by atoms with Crippen molar-refractivity contribution in [1.29, 1.82) is 0 Å². The van der Waals surface area contributed by atoms with Crippen LogP contribution in [0.2, 0.25) is 0 Å². The minimum Gasteiger partial charge on any atom is -0.377 e. The van der Waals surface area contributed by atoms with E-state index in [1.807, 2.05) is 0 Å². The molecule has 18 heavy (non-hydrogen) atoms. The third kappa shape index (κ3) is 13.3. The van der Waals surface area contributed by atoms with Gasteiger partial charge in [-0.25, -0.2) is 0 Å². The van der Waals surface area contributed by atoms with Gasteiger partial charge < -0.3 is 5.11 Å². The highest BCUT2D eigenvalue weighted by Crippen LogP contribution is 2.10. The molecular formula is C17H30O. The van der Waals surface area contributed by atoms with Gasteiger partial charge in [-0.15, -0.1) is 5.92 Å².